The lowest BCUT2D eigenvalue weighted by atomic mass is 9.78. The highest BCUT2D eigenvalue weighted by atomic mass is 31.2. The fourth-order valence-electron chi connectivity index (χ4n) is 2.76. The first-order chi connectivity index (χ1) is 9.89. The van der Waals surface area contributed by atoms with Gasteiger partial charge in [0, 0.05) is 5.92 Å². The minimum Gasteiger partial charge on any atom is -0.349 e. The van der Waals surface area contributed by atoms with Crippen LogP contribution in [0.2, 0.25) is 0 Å². The molecule has 0 aliphatic carbocycles. The van der Waals surface area contributed by atoms with Gasteiger partial charge in [-0.15, -0.1) is 19.5 Å². The van der Waals surface area contributed by atoms with Crippen molar-refractivity contribution in [3.8, 4) is 0 Å². The van der Waals surface area contributed by atoms with Gasteiger partial charge in [0.2, 0.25) is 0 Å². The van der Waals surface area contributed by atoms with E-state index in [0.717, 1.165) is 0 Å². The molecule has 0 bridgehead atoms. The third kappa shape index (κ3) is 4.32. The summed E-state index contributed by atoms with van der Waals surface area (Å²) >= 11 is 0. The van der Waals surface area contributed by atoms with Crippen LogP contribution in [0.15, 0.2) is 0 Å². The molecule has 4 unspecified atom stereocenters. The van der Waals surface area contributed by atoms with E-state index in [0.29, 0.717) is 5.92 Å². The lowest BCUT2D eigenvalue weighted by molar-refractivity contribution is -0.176. The van der Waals surface area contributed by atoms with Gasteiger partial charge in [0.1, 0.15) is 0 Å². The molecule has 4 atom stereocenters. The number of hydrogen-bond donors (Lipinski definition) is 0. The first-order valence-electron chi connectivity index (χ1n) is 8.61. The third-order valence-corrected chi connectivity index (χ3v) is 14.8. The zero-order valence-electron chi connectivity index (χ0n) is 16.0. The standard InChI is InChI=1S/C18H38O2P2/c1-11-22(10,12-2)13-21(9)18(7,8)20-16-14(3)17(5,6)15(4)19-16/h14-16,21H,9-13H2,1-8H3. The molecule has 4 heteroatoms. The number of rotatable bonds is 7. The Morgan fingerprint density at radius 1 is 1.23 bits per heavy atom. The van der Waals surface area contributed by atoms with E-state index in [4.69, 9.17) is 9.47 Å². The second kappa shape index (κ2) is 7.18. The van der Waals surface area contributed by atoms with Crippen LogP contribution in [0, 0.1) is 11.3 Å². The Balaban J connectivity index is 2.80. The molecule has 1 aliphatic heterocycles. The summed E-state index contributed by atoms with van der Waals surface area (Å²) in [6, 6.07) is 0. The summed E-state index contributed by atoms with van der Waals surface area (Å²) < 4.78 is 12.6. The van der Waals surface area contributed by atoms with Crippen molar-refractivity contribution in [2.45, 2.75) is 73.1 Å². The second-order valence-electron chi connectivity index (χ2n) is 8.12. The monoisotopic (exact) mass is 348 g/mol. The van der Waals surface area contributed by atoms with E-state index in [1.807, 2.05) is 0 Å². The Morgan fingerprint density at radius 2 is 1.73 bits per heavy atom. The van der Waals surface area contributed by atoms with Crippen molar-refractivity contribution in [2.24, 2.45) is 11.3 Å². The van der Waals surface area contributed by atoms with Gasteiger partial charge in [0.15, 0.2) is 6.29 Å². The van der Waals surface area contributed by atoms with Crippen molar-refractivity contribution in [1.82, 2.24) is 0 Å². The van der Waals surface area contributed by atoms with Gasteiger partial charge in [-0.2, -0.15) is 0 Å². The Kier molecular flexibility index (Phi) is 6.71. The highest BCUT2D eigenvalue weighted by Crippen LogP contribution is 2.57. The van der Waals surface area contributed by atoms with Gasteiger partial charge in [-0.25, -0.2) is 0 Å². The summed E-state index contributed by atoms with van der Waals surface area (Å²) in [7, 11) is -0.876. The normalized spacial score (nSPS) is 30.5. The second-order valence-corrected chi connectivity index (χ2v) is 15.7. The van der Waals surface area contributed by atoms with Crippen LogP contribution >= 0.6 is 14.4 Å². The SMILES string of the molecule is C=[PH](CP(=C)(CC)CC)C(C)(C)OC1OC(C)C(C)(C)C1C. The highest BCUT2D eigenvalue weighted by Gasteiger charge is 2.48. The number of ether oxygens (including phenoxy) is 2. The minimum absolute atomic E-state index is 0.109. The van der Waals surface area contributed by atoms with Crippen LogP contribution in [-0.4, -0.2) is 48.6 Å². The van der Waals surface area contributed by atoms with Crippen molar-refractivity contribution >= 4 is 27.0 Å². The summed E-state index contributed by atoms with van der Waals surface area (Å²) in [6.07, 6.45) is 11.6. The predicted molar refractivity (Wildman–Crippen MR) is 108 cm³/mol. The van der Waals surface area contributed by atoms with Crippen LogP contribution < -0.4 is 0 Å². The molecule has 1 heterocycles. The van der Waals surface area contributed by atoms with E-state index in [2.05, 4.69) is 68.0 Å². The molecule has 0 aromatic rings. The van der Waals surface area contributed by atoms with Crippen LogP contribution in [0.25, 0.3) is 0 Å². The molecular weight excluding hydrogens is 310 g/mol. The average Bonchev–Trinajstić information content (AvgIpc) is 2.61. The van der Waals surface area contributed by atoms with Gasteiger partial charge in [-0.3, -0.25) is 0 Å². The van der Waals surface area contributed by atoms with Crippen LogP contribution in [0.5, 0.6) is 0 Å². The maximum absolute atomic E-state index is 6.46. The lowest BCUT2D eigenvalue weighted by Crippen LogP contribution is -2.33. The van der Waals surface area contributed by atoms with Crippen LogP contribution in [0.1, 0.15) is 55.4 Å². The van der Waals surface area contributed by atoms with E-state index in [9.17, 15) is 0 Å². The van der Waals surface area contributed by atoms with Crippen LogP contribution in [-0.2, 0) is 9.47 Å². The van der Waals surface area contributed by atoms with Crippen LogP contribution in [0.4, 0.5) is 0 Å². The molecule has 0 amide bonds. The molecule has 1 rings (SSSR count). The Bertz CT molecular complexity index is 446. The Labute approximate surface area is 139 Å². The van der Waals surface area contributed by atoms with E-state index in [1.165, 1.54) is 18.2 Å². The van der Waals surface area contributed by atoms with Crippen LogP contribution in [0.3, 0.4) is 0 Å². The van der Waals surface area contributed by atoms with Gasteiger partial charge in [0.25, 0.3) is 0 Å². The van der Waals surface area contributed by atoms with Gasteiger partial charge >= 0.3 is 0 Å². The first kappa shape index (κ1) is 20.6. The molecule has 132 valence electrons. The predicted octanol–water partition coefficient (Wildman–Crippen LogP) is 5.24. The lowest BCUT2D eigenvalue weighted by Gasteiger charge is -2.36. The third-order valence-electron chi connectivity index (χ3n) is 6.10. The molecule has 2 nitrogen and oxygen atoms in total. The molecule has 0 N–H and O–H groups in total. The average molecular weight is 348 g/mol. The maximum Gasteiger partial charge on any atom is 0.162 e. The molecule has 0 saturated carbocycles. The molecule has 1 saturated heterocycles. The Hall–Kier alpha value is 0.520. The molecule has 22 heavy (non-hydrogen) atoms. The minimum atomic E-state index is -1.07. The van der Waals surface area contributed by atoms with E-state index < -0.39 is 14.4 Å². The van der Waals surface area contributed by atoms with Crippen molar-refractivity contribution in [2.75, 3.05) is 18.2 Å². The van der Waals surface area contributed by atoms with Gasteiger partial charge in [-0.05, 0) is 44.4 Å². The fraction of sp³-hybridized carbons (Fsp3) is 0.889. The summed E-state index contributed by atoms with van der Waals surface area (Å²) in [5, 5.41) is -0.184. The molecule has 0 spiro atoms. The fourth-order valence-corrected chi connectivity index (χ4v) is 10.0. The molecule has 0 radical (unpaired) electrons. The van der Waals surface area contributed by atoms with E-state index >= 15 is 0 Å². The molecule has 1 fully saturated rings. The summed E-state index contributed by atoms with van der Waals surface area (Å²) in [5.74, 6) is 1.59. The van der Waals surface area contributed by atoms with Crippen molar-refractivity contribution < 1.29 is 9.47 Å². The van der Waals surface area contributed by atoms with Crippen molar-refractivity contribution in [3.63, 3.8) is 0 Å². The molecular formula is C18H38O2P2. The zero-order chi connectivity index (χ0) is 17.3. The van der Waals surface area contributed by atoms with E-state index in [1.54, 1.807) is 0 Å². The topological polar surface area (TPSA) is 18.5 Å². The first-order valence-corrected chi connectivity index (χ1v) is 13.1. The van der Waals surface area contributed by atoms with Gasteiger partial charge in [-0.1, -0.05) is 42.2 Å². The molecule has 1 aliphatic rings. The maximum atomic E-state index is 6.46. The quantitative estimate of drug-likeness (QED) is 0.586. The zero-order valence-corrected chi connectivity index (χ0v) is 17.9. The van der Waals surface area contributed by atoms with E-state index in [-0.39, 0.29) is 23.2 Å². The Morgan fingerprint density at radius 3 is 2.09 bits per heavy atom. The molecule has 0 aromatic carbocycles. The van der Waals surface area contributed by atoms with Crippen molar-refractivity contribution in [1.29, 1.82) is 0 Å². The van der Waals surface area contributed by atoms with Gasteiger partial charge in [0.05, 0.1) is 11.4 Å². The molecule has 0 aromatic heterocycles. The smallest absolute Gasteiger partial charge is 0.162 e. The van der Waals surface area contributed by atoms with Crippen molar-refractivity contribution in [3.05, 3.63) is 0 Å². The largest absolute Gasteiger partial charge is 0.349 e. The summed E-state index contributed by atoms with van der Waals surface area (Å²) in [5.41, 5.74) is 0.157. The van der Waals surface area contributed by atoms with Gasteiger partial charge < -0.3 is 9.47 Å². The summed E-state index contributed by atoms with van der Waals surface area (Å²) in [6.45, 7) is 16.8. The highest BCUT2D eigenvalue weighted by molar-refractivity contribution is 7.83. The number of hydrogen-bond acceptors (Lipinski definition) is 2. The summed E-state index contributed by atoms with van der Waals surface area (Å²) in [4.78, 5) is 0.